The molecule has 0 bridgehead atoms. The molecule has 1 aromatic heterocycles. The summed E-state index contributed by atoms with van der Waals surface area (Å²) in [4.78, 5) is 0.214. The fourth-order valence-corrected chi connectivity index (χ4v) is 4.85. The third-order valence-corrected chi connectivity index (χ3v) is 6.58. The van der Waals surface area contributed by atoms with Gasteiger partial charge < -0.3 is 9.30 Å². The number of alkyl halides is 1. The van der Waals surface area contributed by atoms with Gasteiger partial charge in [0.25, 0.3) is 0 Å². The zero-order valence-corrected chi connectivity index (χ0v) is 16.9. The number of sulfonamides is 1. The Morgan fingerprint density at radius 1 is 1.25 bits per heavy atom. The van der Waals surface area contributed by atoms with Gasteiger partial charge in [-0.05, 0) is 69.7 Å². The maximum absolute atomic E-state index is 12.7. The minimum atomic E-state index is -3.60. The number of benzene rings is 1. The molecule has 1 aliphatic rings. The number of ether oxygens (including phenoxy) is 1. The third kappa shape index (κ3) is 5.29. The zero-order valence-electron chi connectivity index (χ0n) is 16.1. The molecular formula is C19H27FN4O3S. The van der Waals surface area contributed by atoms with Gasteiger partial charge in [-0.3, -0.25) is 4.39 Å². The van der Waals surface area contributed by atoms with Crippen molar-refractivity contribution in [2.75, 3.05) is 13.3 Å². The number of nitrogens with zero attached hydrogens (tertiary/aromatic N) is 3. The monoisotopic (exact) mass is 410 g/mol. The Hall–Kier alpha value is -2.00. The summed E-state index contributed by atoms with van der Waals surface area (Å²) in [6.45, 7) is 1.97. The molecule has 28 heavy (non-hydrogen) atoms. The van der Waals surface area contributed by atoms with E-state index in [1.54, 1.807) is 18.5 Å². The molecule has 7 nitrogen and oxygen atoms in total. The molecule has 1 saturated carbocycles. The molecule has 2 aromatic rings. The first kappa shape index (κ1) is 20.7. The molecule has 3 rings (SSSR count). The standard InChI is InChI=1S/C19H27FN4O3S/c1-15-22-21-14-24(15)17-6-4-5-16(13-17)23-28(25,26)19-9-7-18(8-10-19)27-12-3-2-11-20/h7-10,14,16-17,23H,2-6,11-13H2,1H3/t16-,17+/m0/s1. The van der Waals surface area contributed by atoms with Crippen LogP contribution in [0.2, 0.25) is 0 Å². The summed E-state index contributed by atoms with van der Waals surface area (Å²) in [6.07, 6.45) is 6.27. The number of rotatable bonds is 9. The number of hydrogen-bond donors (Lipinski definition) is 1. The largest absolute Gasteiger partial charge is 0.494 e. The number of unbranched alkanes of at least 4 members (excludes halogenated alkanes) is 1. The van der Waals surface area contributed by atoms with Crippen LogP contribution in [0.4, 0.5) is 4.39 Å². The molecule has 1 N–H and O–H groups in total. The Morgan fingerprint density at radius 2 is 2.04 bits per heavy atom. The minimum absolute atomic E-state index is 0.123. The van der Waals surface area contributed by atoms with Gasteiger partial charge in [0.2, 0.25) is 10.0 Å². The van der Waals surface area contributed by atoms with Crippen molar-refractivity contribution in [3.63, 3.8) is 0 Å². The van der Waals surface area contributed by atoms with Crippen molar-refractivity contribution in [1.82, 2.24) is 19.5 Å². The number of hydrogen-bond acceptors (Lipinski definition) is 5. The van der Waals surface area contributed by atoms with Gasteiger partial charge in [-0.2, -0.15) is 0 Å². The average Bonchev–Trinajstić information content (AvgIpc) is 3.11. The molecule has 2 atom stereocenters. The van der Waals surface area contributed by atoms with Crippen LogP contribution in [-0.4, -0.2) is 42.5 Å². The molecule has 0 radical (unpaired) electrons. The lowest BCUT2D eigenvalue weighted by Gasteiger charge is -2.30. The lowest BCUT2D eigenvalue weighted by Crippen LogP contribution is -2.38. The van der Waals surface area contributed by atoms with Crippen molar-refractivity contribution in [2.24, 2.45) is 0 Å². The summed E-state index contributed by atoms with van der Waals surface area (Å²) in [7, 11) is -3.60. The molecule has 1 aliphatic carbocycles. The normalized spacial score (nSPS) is 20.2. The second kappa shape index (κ2) is 9.47. The van der Waals surface area contributed by atoms with E-state index in [9.17, 15) is 12.8 Å². The van der Waals surface area contributed by atoms with E-state index in [-0.39, 0.29) is 23.7 Å². The fourth-order valence-electron chi connectivity index (χ4n) is 3.57. The van der Waals surface area contributed by atoms with Crippen molar-refractivity contribution in [3.8, 4) is 5.75 Å². The van der Waals surface area contributed by atoms with Crippen LogP contribution in [0.25, 0.3) is 0 Å². The van der Waals surface area contributed by atoms with E-state index in [4.69, 9.17) is 4.74 Å². The molecule has 1 heterocycles. The molecule has 0 spiro atoms. The quantitative estimate of drug-likeness (QED) is 0.642. The van der Waals surface area contributed by atoms with Crippen LogP contribution in [0.15, 0.2) is 35.5 Å². The van der Waals surface area contributed by atoms with Gasteiger partial charge in [0, 0.05) is 12.1 Å². The summed E-state index contributed by atoms with van der Waals surface area (Å²) in [5, 5.41) is 7.95. The predicted molar refractivity (Wildman–Crippen MR) is 104 cm³/mol. The molecule has 9 heteroatoms. The van der Waals surface area contributed by atoms with Crippen LogP contribution in [0.1, 0.15) is 50.4 Å². The first-order valence-electron chi connectivity index (χ1n) is 9.67. The van der Waals surface area contributed by atoms with Crippen LogP contribution in [0.3, 0.4) is 0 Å². The number of halogens is 1. The maximum atomic E-state index is 12.7. The third-order valence-electron chi connectivity index (χ3n) is 5.04. The maximum Gasteiger partial charge on any atom is 0.240 e. The first-order valence-corrected chi connectivity index (χ1v) is 11.1. The van der Waals surface area contributed by atoms with Gasteiger partial charge in [-0.1, -0.05) is 0 Å². The molecule has 1 fully saturated rings. The Kier molecular flexibility index (Phi) is 7.01. The minimum Gasteiger partial charge on any atom is -0.494 e. The van der Waals surface area contributed by atoms with Crippen LogP contribution < -0.4 is 9.46 Å². The van der Waals surface area contributed by atoms with Crippen LogP contribution >= 0.6 is 0 Å². The summed E-state index contributed by atoms with van der Waals surface area (Å²) in [5.41, 5.74) is 0. The van der Waals surface area contributed by atoms with Crippen molar-refractivity contribution < 1.29 is 17.5 Å². The average molecular weight is 411 g/mol. The van der Waals surface area contributed by atoms with Gasteiger partial charge in [-0.15, -0.1) is 10.2 Å². The zero-order chi connectivity index (χ0) is 20.0. The highest BCUT2D eigenvalue weighted by Crippen LogP contribution is 2.30. The highest BCUT2D eigenvalue weighted by molar-refractivity contribution is 7.89. The summed E-state index contributed by atoms with van der Waals surface area (Å²) in [6, 6.07) is 6.43. The lowest BCUT2D eigenvalue weighted by molar-refractivity contribution is 0.297. The second-order valence-electron chi connectivity index (χ2n) is 7.14. The molecule has 0 aliphatic heterocycles. The number of nitrogens with one attached hydrogen (secondary N) is 1. The SMILES string of the molecule is Cc1nncn1[C@@H]1CCC[C@H](NS(=O)(=O)c2ccc(OCCCCF)cc2)C1. The van der Waals surface area contributed by atoms with Gasteiger partial charge in [-0.25, -0.2) is 13.1 Å². The van der Waals surface area contributed by atoms with E-state index >= 15 is 0 Å². The van der Waals surface area contributed by atoms with Gasteiger partial charge in [0.1, 0.15) is 17.9 Å². The van der Waals surface area contributed by atoms with E-state index in [0.717, 1.165) is 25.1 Å². The molecular weight excluding hydrogens is 383 g/mol. The molecule has 0 unspecified atom stereocenters. The molecule has 154 valence electrons. The fraction of sp³-hybridized carbons (Fsp3) is 0.579. The van der Waals surface area contributed by atoms with Crippen molar-refractivity contribution in [2.45, 2.75) is 62.4 Å². The van der Waals surface area contributed by atoms with Crippen molar-refractivity contribution in [1.29, 1.82) is 0 Å². The number of aryl methyl sites for hydroxylation is 1. The highest BCUT2D eigenvalue weighted by atomic mass is 32.2. The summed E-state index contributed by atoms with van der Waals surface area (Å²) < 4.78 is 47.9. The Balaban J connectivity index is 1.59. The molecule has 1 aromatic carbocycles. The van der Waals surface area contributed by atoms with E-state index in [0.29, 0.717) is 31.6 Å². The summed E-state index contributed by atoms with van der Waals surface area (Å²) in [5.74, 6) is 1.43. The topological polar surface area (TPSA) is 86.1 Å². The Bertz CT molecular complexity index is 854. The van der Waals surface area contributed by atoms with E-state index < -0.39 is 10.0 Å². The Morgan fingerprint density at radius 3 is 2.71 bits per heavy atom. The van der Waals surface area contributed by atoms with Gasteiger partial charge >= 0.3 is 0 Å². The molecule has 0 amide bonds. The van der Waals surface area contributed by atoms with E-state index in [2.05, 4.69) is 14.9 Å². The molecule has 0 saturated heterocycles. The van der Waals surface area contributed by atoms with Crippen LogP contribution in [0, 0.1) is 6.92 Å². The van der Waals surface area contributed by atoms with Gasteiger partial charge in [0.05, 0.1) is 18.2 Å². The smallest absolute Gasteiger partial charge is 0.240 e. The number of aromatic nitrogens is 3. The van der Waals surface area contributed by atoms with E-state index in [1.807, 2.05) is 11.5 Å². The van der Waals surface area contributed by atoms with Crippen molar-refractivity contribution >= 4 is 10.0 Å². The predicted octanol–water partition coefficient (Wildman–Crippen LogP) is 3.18. The van der Waals surface area contributed by atoms with Crippen LogP contribution in [-0.2, 0) is 10.0 Å². The van der Waals surface area contributed by atoms with Gasteiger partial charge in [0.15, 0.2) is 0 Å². The summed E-state index contributed by atoms with van der Waals surface area (Å²) >= 11 is 0. The van der Waals surface area contributed by atoms with E-state index in [1.165, 1.54) is 12.1 Å². The highest BCUT2D eigenvalue weighted by Gasteiger charge is 2.28. The Labute approximate surface area is 165 Å². The second-order valence-corrected chi connectivity index (χ2v) is 8.85. The first-order chi connectivity index (χ1) is 13.5. The van der Waals surface area contributed by atoms with Crippen molar-refractivity contribution in [3.05, 3.63) is 36.4 Å². The lowest BCUT2D eigenvalue weighted by atomic mass is 9.91. The van der Waals surface area contributed by atoms with Crippen LogP contribution in [0.5, 0.6) is 5.75 Å².